The van der Waals surface area contributed by atoms with E-state index in [1.54, 1.807) is 0 Å². The van der Waals surface area contributed by atoms with Crippen molar-refractivity contribution >= 4 is 34.3 Å². The molecule has 0 saturated carbocycles. The highest BCUT2D eigenvalue weighted by molar-refractivity contribution is 6.32. The average molecular weight is 463 g/mol. The van der Waals surface area contributed by atoms with Crippen molar-refractivity contribution in [3.05, 3.63) is 76.3 Å². The summed E-state index contributed by atoms with van der Waals surface area (Å²) in [4.78, 5) is 17.0. The summed E-state index contributed by atoms with van der Waals surface area (Å²) in [5, 5.41) is 3.55. The van der Waals surface area contributed by atoms with E-state index >= 15 is 0 Å². The molecule has 0 radical (unpaired) electrons. The first-order valence-corrected chi connectivity index (χ1v) is 11.4. The van der Waals surface area contributed by atoms with Crippen LogP contribution in [-0.2, 0) is 4.79 Å². The summed E-state index contributed by atoms with van der Waals surface area (Å²) >= 11 is 6.18. The van der Waals surface area contributed by atoms with Crippen LogP contribution in [-0.4, -0.2) is 17.5 Å². The Morgan fingerprint density at radius 2 is 1.79 bits per heavy atom. The fourth-order valence-electron chi connectivity index (χ4n) is 3.64. The Bertz CT molecular complexity index is 1270. The van der Waals surface area contributed by atoms with Crippen molar-refractivity contribution in [2.75, 3.05) is 11.9 Å². The Kier molecular flexibility index (Phi) is 6.70. The number of carbonyl (C=O) groups is 1. The van der Waals surface area contributed by atoms with E-state index in [2.05, 4.69) is 36.3 Å². The fourth-order valence-corrected chi connectivity index (χ4v) is 3.75. The van der Waals surface area contributed by atoms with Gasteiger partial charge in [0.25, 0.3) is 5.91 Å². The quantitative estimate of drug-likeness (QED) is 0.313. The van der Waals surface area contributed by atoms with Crippen LogP contribution in [0.25, 0.3) is 22.6 Å². The smallest absolute Gasteiger partial charge is 0.262 e. The Hall–Kier alpha value is -3.31. The van der Waals surface area contributed by atoms with Gasteiger partial charge in [0.1, 0.15) is 11.3 Å². The van der Waals surface area contributed by atoms with Crippen LogP contribution >= 0.6 is 11.6 Å². The number of nitrogens with zero attached hydrogens (tertiary/aromatic N) is 1. The molecule has 1 heterocycles. The Morgan fingerprint density at radius 1 is 1.09 bits per heavy atom. The Morgan fingerprint density at radius 3 is 2.45 bits per heavy atom. The predicted octanol–water partition coefficient (Wildman–Crippen LogP) is 7.30. The maximum Gasteiger partial charge on any atom is 0.262 e. The first-order valence-electron chi connectivity index (χ1n) is 11.0. The summed E-state index contributed by atoms with van der Waals surface area (Å²) in [6, 6.07) is 17.2. The van der Waals surface area contributed by atoms with Crippen molar-refractivity contribution < 1.29 is 13.9 Å². The summed E-state index contributed by atoms with van der Waals surface area (Å²) in [5.74, 6) is 1.41. The number of oxazole rings is 1. The van der Waals surface area contributed by atoms with E-state index in [9.17, 15) is 4.79 Å². The van der Waals surface area contributed by atoms with Crippen LogP contribution < -0.4 is 10.1 Å². The van der Waals surface area contributed by atoms with Gasteiger partial charge in [-0.05, 0) is 91.4 Å². The molecule has 4 aromatic rings. The molecule has 0 saturated heterocycles. The van der Waals surface area contributed by atoms with E-state index in [0.717, 1.165) is 34.2 Å². The molecule has 1 N–H and O–H groups in total. The molecule has 0 aliphatic heterocycles. The second kappa shape index (κ2) is 9.67. The number of benzene rings is 3. The molecule has 1 aromatic heterocycles. The van der Waals surface area contributed by atoms with Crippen LogP contribution in [0.5, 0.6) is 5.75 Å². The highest BCUT2D eigenvalue weighted by Crippen LogP contribution is 2.29. The zero-order chi connectivity index (χ0) is 23.5. The van der Waals surface area contributed by atoms with Crippen molar-refractivity contribution in [2.24, 2.45) is 0 Å². The van der Waals surface area contributed by atoms with Gasteiger partial charge in [0.15, 0.2) is 12.2 Å². The number of amides is 1. The van der Waals surface area contributed by atoms with Gasteiger partial charge in [-0.2, -0.15) is 0 Å². The number of hydrogen-bond acceptors (Lipinski definition) is 4. The summed E-state index contributed by atoms with van der Waals surface area (Å²) in [5.41, 5.74) is 6.22. The summed E-state index contributed by atoms with van der Waals surface area (Å²) in [6.07, 6.45) is 1.08. The molecule has 0 aliphatic rings. The minimum Gasteiger partial charge on any atom is -0.484 e. The van der Waals surface area contributed by atoms with Gasteiger partial charge in [0.05, 0.1) is 0 Å². The van der Waals surface area contributed by atoms with E-state index in [4.69, 9.17) is 20.8 Å². The largest absolute Gasteiger partial charge is 0.484 e. The van der Waals surface area contributed by atoms with Gasteiger partial charge in [0, 0.05) is 16.3 Å². The molecular weight excluding hydrogens is 436 g/mol. The zero-order valence-corrected chi connectivity index (χ0v) is 20.0. The van der Waals surface area contributed by atoms with Gasteiger partial charge in [-0.3, -0.25) is 4.79 Å². The SMILES string of the molecule is CC[C@@H](C)c1ccc2oc(-c3ccc(NC(=O)COc4cc(C)c(Cl)c(C)c4)cc3)nc2c1. The minimum atomic E-state index is -0.243. The second-order valence-corrected chi connectivity index (χ2v) is 8.72. The van der Waals surface area contributed by atoms with Gasteiger partial charge in [-0.25, -0.2) is 4.98 Å². The fraction of sp³-hybridized carbons (Fsp3) is 0.259. The Labute approximate surface area is 198 Å². The van der Waals surface area contributed by atoms with Crippen LogP contribution in [0.1, 0.15) is 42.9 Å². The molecule has 0 spiro atoms. The molecular formula is C27H27ClN2O3. The molecule has 6 heteroatoms. The lowest BCUT2D eigenvalue weighted by Crippen LogP contribution is -2.20. The van der Waals surface area contributed by atoms with Gasteiger partial charge in [-0.15, -0.1) is 0 Å². The average Bonchev–Trinajstić information content (AvgIpc) is 3.24. The number of fused-ring (bicyclic) bond motifs is 1. The predicted molar refractivity (Wildman–Crippen MR) is 133 cm³/mol. The number of carbonyl (C=O) groups excluding carboxylic acids is 1. The van der Waals surface area contributed by atoms with Crippen molar-refractivity contribution in [1.29, 1.82) is 0 Å². The second-order valence-electron chi connectivity index (χ2n) is 8.34. The van der Waals surface area contributed by atoms with Gasteiger partial charge in [-0.1, -0.05) is 31.5 Å². The van der Waals surface area contributed by atoms with Crippen molar-refractivity contribution in [3.63, 3.8) is 0 Å². The molecule has 33 heavy (non-hydrogen) atoms. The highest BCUT2D eigenvalue weighted by atomic mass is 35.5. The molecule has 0 aliphatic carbocycles. The van der Waals surface area contributed by atoms with Gasteiger partial charge in [0.2, 0.25) is 5.89 Å². The zero-order valence-electron chi connectivity index (χ0n) is 19.2. The summed E-state index contributed by atoms with van der Waals surface area (Å²) < 4.78 is 11.6. The minimum absolute atomic E-state index is 0.0914. The first kappa shape index (κ1) is 22.9. The van der Waals surface area contributed by atoms with Crippen LogP contribution in [0.3, 0.4) is 0 Å². The Balaban J connectivity index is 1.40. The summed E-state index contributed by atoms with van der Waals surface area (Å²) in [7, 11) is 0. The maximum atomic E-state index is 12.3. The number of rotatable bonds is 7. The number of anilines is 1. The molecule has 0 unspecified atom stereocenters. The van der Waals surface area contributed by atoms with Crippen molar-refractivity contribution in [3.8, 4) is 17.2 Å². The van der Waals surface area contributed by atoms with Crippen molar-refractivity contribution in [2.45, 2.75) is 40.0 Å². The molecule has 3 aromatic carbocycles. The number of nitrogens with one attached hydrogen (secondary N) is 1. The number of aromatic nitrogens is 1. The van der Waals surface area contributed by atoms with E-state index in [1.807, 2.05) is 56.3 Å². The lowest BCUT2D eigenvalue weighted by Gasteiger charge is -2.10. The number of ether oxygens (including phenoxy) is 1. The van der Waals surface area contributed by atoms with Crippen LogP contribution in [0.15, 0.2) is 59.0 Å². The van der Waals surface area contributed by atoms with E-state index in [0.29, 0.717) is 28.3 Å². The molecule has 0 bridgehead atoms. The molecule has 5 nitrogen and oxygen atoms in total. The third-order valence-corrected chi connectivity index (χ3v) is 6.38. The number of halogens is 1. The van der Waals surface area contributed by atoms with E-state index in [-0.39, 0.29) is 12.5 Å². The monoisotopic (exact) mass is 462 g/mol. The molecule has 0 fully saturated rings. The number of aryl methyl sites for hydroxylation is 2. The third kappa shape index (κ3) is 5.20. The molecule has 1 atom stereocenters. The standard InChI is InChI=1S/C27H27ClN2O3/c1-5-16(2)20-8-11-24-23(14-20)30-27(33-24)19-6-9-21(10-7-19)29-25(31)15-32-22-12-17(3)26(28)18(4)13-22/h6-14,16H,5,15H2,1-4H3,(H,29,31)/t16-/m1/s1. The van der Waals surface area contributed by atoms with Gasteiger partial charge < -0.3 is 14.5 Å². The summed E-state index contributed by atoms with van der Waals surface area (Å²) in [6.45, 7) is 8.11. The molecule has 1 amide bonds. The van der Waals surface area contributed by atoms with Gasteiger partial charge >= 0.3 is 0 Å². The van der Waals surface area contributed by atoms with Crippen LogP contribution in [0.4, 0.5) is 5.69 Å². The highest BCUT2D eigenvalue weighted by Gasteiger charge is 2.12. The molecule has 170 valence electrons. The van der Waals surface area contributed by atoms with Crippen LogP contribution in [0.2, 0.25) is 5.02 Å². The van der Waals surface area contributed by atoms with E-state index < -0.39 is 0 Å². The lowest BCUT2D eigenvalue weighted by atomic mass is 9.98. The number of hydrogen-bond donors (Lipinski definition) is 1. The van der Waals surface area contributed by atoms with Crippen molar-refractivity contribution in [1.82, 2.24) is 4.98 Å². The first-order chi connectivity index (χ1) is 15.8. The third-order valence-electron chi connectivity index (χ3n) is 5.79. The topological polar surface area (TPSA) is 64.4 Å². The lowest BCUT2D eigenvalue weighted by molar-refractivity contribution is -0.118. The maximum absolute atomic E-state index is 12.3. The van der Waals surface area contributed by atoms with E-state index in [1.165, 1.54) is 5.56 Å². The van der Waals surface area contributed by atoms with Crippen LogP contribution in [0, 0.1) is 13.8 Å². The molecule has 4 rings (SSSR count). The normalized spacial score (nSPS) is 12.0.